The van der Waals surface area contributed by atoms with Gasteiger partial charge >= 0.3 is 0 Å². The Morgan fingerprint density at radius 1 is 1.44 bits per heavy atom. The molecule has 1 fully saturated rings. The van der Waals surface area contributed by atoms with Gasteiger partial charge in [0, 0.05) is 38.6 Å². The first-order chi connectivity index (χ1) is 12.0. The monoisotopic (exact) mass is 341 g/mol. The average molecular weight is 341 g/mol. The molecule has 1 aromatic carbocycles. The van der Waals surface area contributed by atoms with Crippen molar-refractivity contribution in [3.63, 3.8) is 0 Å². The number of hydrogen-bond donors (Lipinski definition) is 1. The van der Waals surface area contributed by atoms with Gasteiger partial charge in [-0.3, -0.25) is 10.1 Å². The molecule has 2 aromatic rings. The zero-order chi connectivity index (χ0) is 18.0. The van der Waals surface area contributed by atoms with Gasteiger partial charge in [0.05, 0.1) is 16.6 Å². The van der Waals surface area contributed by atoms with Crippen LogP contribution in [-0.2, 0) is 7.05 Å². The standard InChI is InChI=1S/C17H19N5O3/c1-20-9-6-19-17(20)16(23)13-4-7-21(8-5-13)14-3-2-12(11-18)10-15(14)22(24)25/h2-3,6,9-10,13,16,23H,4-5,7-8H2,1H3. The van der Waals surface area contributed by atoms with Gasteiger partial charge < -0.3 is 14.6 Å². The van der Waals surface area contributed by atoms with Crippen LogP contribution < -0.4 is 4.90 Å². The highest BCUT2D eigenvalue weighted by Crippen LogP contribution is 2.35. The Morgan fingerprint density at radius 3 is 2.72 bits per heavy atom. The molecule has 130 valence electrons. The van der Waals surface area contributed by atoms with Gasteiger partial charge in [0.25, 0.3) is 5.69 Å². The molecule has 0 bridgehead atoms. The van der Waals surface area contributed by atoms with Gasteiger partial charge in [-0.25, -0.2) is 4.98 Å². The van der Waals surface area contributed by atoms with E-state index in [1.165, 1.54) is 6.07 Å². The third-order valence-corrected chi connectivity index (χ3v) is 4.75. The smallest absolute Gasteiger partial charge is 0.293 e. The van der Waals surface area contributed by atoms with E-state index in [1.54, 1.807) is 24.5 Å². The number of aryl methyl sites for hydroxylation is 1. The van der Waals surface area contributed by atoms with Crippen LogP contribution in [0.25, 0.3) is 0 Å². The molecule has 1 saturated heterocycles. The molecule has 2 heterocycles. The van der Waals surface area contributed by atoms with Gasteiger partial charge in [-0.15, -0.1) is 0 Å². The highest BCUT2D eigenvalue weighted by molar-refractivity contribution is 5.65. The lowest BCUT2D eigenvalue weighted by Gasteiger charge is -2.35. The molecule has 1 atom stereocenters. The maximum Gasteiger partial charge on any atom is 0.293 e. The van der Waals surface area contributed by atoms with Crippen LogP contribution in [0.4, 0.5) is 11.4 Å². The van der Waals surface area contributed by atoms with Crippen LogP contribution in [0.1, 0.15) is 30.3 Å². The molecule has 0 spiro atoms. The number of piperidine rings is 1. The Morgan fingerprint density at radius 2 is 2.16 bits per heavy atom. The van der Waals surface area contributed by atoms with Gasteiger partial charge in [0.1, 0.15) is 17.6 Å². The maximum atomic E-state index is 11.3. The van der Waals surface area contributed by atoms with Crippen LogP contribution in [0.2, 0.25) is 0 Å². The number of nitrogens with zero attached hydrogens (tertiary/aromatic N) is 5. The van der Waals surface area contributed by atoms with E-state index in [0.29, 0.717) is 37.4 Å². The number of anilines is 1. The van der Waals surface area contributed by atoms with Crippen molar-refractivity contribution < 1.29 is 10.0 Å². The highest BCUT2D eigenvalue weighted by Gasteiger charge is 2.30. The van der Waals surface area contributed by atoms with E-state index in [1.807, 2.05) is 22.6 Å². The van der Waals surface area contributed by atoms with Gasteiger partial charge in [-0.05, 0) is 30.9 Å². The molecule has 0 aliphatic carbocycles. The summed E-state index contributed by atoms with van der Waals surface area (Å²) in [5, 5.41) is 30.8. The van der Waals surface area contributed by atoms with E-state index in [-0.39, 0.29) is 17.2 Å². The summed E-state index contributed by atoms with van der Waals surface area (Å²) in [6.45, 7) is 1.22. The van der Waals surface area contributed by atoms with E-state index in [2.05, 4.69) is 4.98 Å². The van der Waals surface area contributed by atoms with Crippen LogP contribution in [0.15, 0.2) is 30.6 Å². The molecule has 0 radical (unpaired) electrons. The number of rotatable bonds is 4. The van der Waals surface area contributed by atoms with E-state index in [0.717, 1.165) is 0 Å². The summed E-state index contributed by atoms with van der Waals surface area (Å²) in [5.74, 6) is 0.706. The second-order valence-electron chi connectivity index (χ2n) is 6.24. The minimum atomic E-state index is -0.641. The second-order valence-corrected chi connectivity index (χ2v) is 6.24. The fourth-order valence-electron chi connectivity index (χ4n) is 3.34. The molecule has 8 nitrogen and oxygen atoms in total. The summed E-state index contributed by atoms with van der Waals surface area (Å²) >= 11 is 0. The topological polar surface area (TPSA) is 108 Å². The predicted octanol–water partition coefficient (Wildman–Crippen LogP) is 2.15. The molecule has 1 aromatic heterocycles. The minimum Gasteiger partial charge on any atom is -0.385 e. The Labute approximate surface area is 145 Å². The number of aliphatic hydroxyl groups excluding tert-OH is 1. The number of nitro benzene ring substituents is 1. The molecule has 25 heavy (non-hydrogen) atoms. The lowest BCUT2D eigenvalue weighted by Crippen LogP contribution is -2.36. The van der Waals surface area contributed by atoms with Crippen molar-refractivity contribution in [2.24, 2.45) is 13.0 Å². The average Bonchev–Trinajstić information content (AvgIpc) is 3.06. The Balaban J connectivity index is 1.74. The van der Waals surface area contributed by atoms with Gasteiger partial charge in [0.15, 0.2) is 0 Å². The van der Waals surface area contributed by atoms with Gasteiger partial charge in [-0.2, -0.15) is 5.26 Å². The molecule has 0 amide bonds. The van der Waals surface area contributed by atoms with Crippen molar-refractivity contribution in [2.75, 3.05) is 18.0 Å². The number of benzene rings is 1. The molecule has 1 unspecified atom stereocenters. The fraction of sp³-hybridized carbons (Fsp3) is 0.412. The normalized spacial score (nSPS) is 16.4. The maximum absolute atomic E-state index is 11.3. The zero-order valence-electron chi connectivity index (χ0n) is 13.9. The second kappa shape index (κ2) is 6.91. The Bertz CT molecular complexity index is 818. The Kier molecular flexibility index (Phi) is 4.67. The van der Waals surface area contributed by atoms with Crippen LogP contribution >= 0.6 is 0 Å². The molecule has 1 N–H and O–H groups in total. The first kappa shape index (κ1) is 16.9. The van der Waals surface area contributed by atoms with Gasteiger partial charge in [0.2, 0.25) is 0 Å². The van der Waals surface area contributed by atoms with Crippen molar-refractivity contribution in [1.29, 1.82) is 5.26 Å². The van der Waals surface area contributed by atoms with Crippen molar-refractivity contribution in [2.45, 2.75) is 18.9 Å². The zero-order valence-corrected chi connectivity index (χ0v) is 13.9. The highest BCUT2D eigenvalue weighted by atomic mass is 16.6. The molecule has 8 heteroatoms. The summed E-state index contributed by atoms with van der Waals surface area (Å²) in [7, 11) is 1.85. The van der Waals surface area contributed by atoms with E-state index in [9.17, 15) is 15.2 Å². The summed E-state index contributed by atoms with van der Waals surface area (Å²) in [4.78, 5) is 17.0. The number of hydrogen-bond acceptors (Lipinski definition) is 6. The SMILES string of the molecule is Cn1ccnc1C(O)C1CCN(c2ccc(C#N)cc2[N+](=O)[O-])CC1. The summed E-state index contributed by atoms with van der Waals surface area (Å²) in [6.07, 6.45) is 4.25. The van der Waals surface area contributed by atoms with Crippen LogP contribution in [0, 0.1) is 27.4 Å². The molecule has 1 aliphatic rings. The number of aromatic nitrogens is 2. The molecular formula is C17H19N5O3. The summed E-state index contributed by atoms with van der Waals surface area (Å²) in [6, 6.07) is 6.47. The van der Waals surface area contributed by atoms with Crippen molar-refractivity contribution in [3.8, 4) is 6.07 Å². The first-order valence-electron chi connectivity index (χ1n) is 8.10. The fourth-order valence-corrected chi connectivity index (χ4v) is 3.34. The van der Waals surface area contributed by atoms with Crippen LogP contribution in [0.3, 0.4) is 0 Å². The summed E-state index contributed by atoms with van der Waals surface area (Å²) < 4.78 is 1.81. The number of nitro groups is 1. The van der Waals surface area contributed by atoms with Crippen LogP contribution in [-0.4, -0.2) is 32.7 Å². The number of imidazole rings is 1. The summed E-state index contributed by atoms with van der Waals surface area (Å²) in [5.41, 5.74) is 0.742. The minimum absolute atomic E-state index is 0.0536. The Hall–Kier alpha value is -2.92. The van der Waals surface area contributed by atoms with Gasteiger partial charge in [-0.1, -0.05) is 0 Å². The number of aliphatic hydroxyl groups is 1. The quantitative estimate of drug-likeness (QED) is 0.674. The number of nitriles is 1. The molecule has 0 saturated carbocycles. The van der Waals surface area contributed by atoms with E-state index < -0.39 is 11.0 Å². The lowest BCUT2D eigenvalue weighted by atomic mass is 9.90. The third kappa shape index (κ3) is 3.32. The predicted molar refractivity (Wildman–Crippen MR) is 90.9 cm³/mol. The van der Waals surface area contributed by atoms with E-state index >= 15 is 0 Å². The van der Waals surface area contributed by atoms with Crippen molar-refractivity contribution in [1.82, 2.24) is 9.55 Å². The third-order valence-electron chi connectivity index (χ3n) is 4.75. The van der Waals surface area contributed by atoms with Crippen molar-refractivity contribution >= 4 is 11.4 Å². The van der Waals surface area contributed by atoms with E-state index in [4.69, 9.17) is 5.26 Å². The molecular weight excluding hydrogens is 322 g/mol. The van der Waals surface area contributed by atoms with Crippen molar-refractivity contribution in [3.05, 3.63) is 52.1 Å². The molecule has 1 aliphatic heterocycles. The molecule has 3 rings (SSSR count). The first-order valence-corrected chi connectivity index (χ1v) is 8.10. The largest absolute Gasteiger partial charge is 0.385 e. The van der Waals surface area contributed by atoms with Crippen LogP contribution in [0.5, 0.6) is 0 Å². The lowest BCUT2D eigenvalue weighted by molar-refractivity contribution is -0.384.